The van der Waals surface area contributed by atoms with Crippen LogP contribution in [-0.4, -0.2) is 6.29 Å². The topological polar surface area (TPSA) is 17.1 Å². The predicted molar refractivity (Wildman–Crippen MR) is 80.9 cm³/mol. The smallest absolute Gasteiger partial charge is 0.120 e. The number of hydrogen-bond acceptors (Lipinski definition) is 1. The minimum atomic E-state index is 0.614. The zero-order valence-corrected chi connectivity index (χ0v) is 12.4. The SMILES string of the molecule is O=CCC/C=C1/CCC1CCc1ccc(Cl)c(Cl)c1. The molecule has 0 radical (unpaired) electrons. The van der Waals surface area contributed by atoms with Crippen molar-refractivity contribution in [2.75, 3.05) is 0 Å². The highest BCUT2D eigenvalue weighted by molar-refractivity contribution is 6.42. The molecule has 1 fully saturated rings. The molecule has 0 spiro atoms. The second-order valence-electron chi connectivity index (χ2n) is 5.05. The molecular formula is C16H18Cl2O. The summed E-state index contributed by atoms with van der Waals surface area (Å²) in [4.78, 5) is 10.3. The Morgan fingerprint density at radius 3 is 2.68 bits per heavy atom. The van der Waals surface area contributed by atoms with Crippen LogP contribution in [0.4, 0.5) is 0 Å². The summed E-state index contributed by atoms with van der Waals surface area (Å²) in [6.45, 7) is 0. The Morgan fingerprint density at radius 2 is 2.05 bits per heavy atom. The number of hydrogen-bond donors (Lipinski definition) is 0. The van der Waals surface area contributed by atoms with Gasteiger partial charge in [-0.1, -0.05) is 40.9 Å². The van der Waals surface area contributed by atoms with Gasteiger partial charge in [-0.2, -0.15) is 0 Å². The summed E-state index contributed by atoms with van der Waals surface area (Å²) >= 11 is 11.9. The molecule has 1 atom stereocenters. The number of rotatable bonds is 6. The van der Waals surface area contributed by atoms with E-state index in [0.29, 0.717) is 22.4 Å². The summed E-state index contributed by atoms with van der Waals surface area (Å²) in [5, 5.41) is 1.25. The molecule has 1 aliphatic carbocycles. The van der Waals surface area contributed by atoms with Crippen LogP contribution < -0.4 is 0 Å². The Balaban J connectivity index is 1.83. The molecule has 102 valence electrons. The van der Waals surface area contributed by atoms with E-state index >= 15 is 0 Å². The fourth-order valence-electron chi connectivity index (χ4n) is 2.49. The zero-order valence-electron chi connectivity index (χ0n) is 10.9. The van der Waals surface area contributed by atoms with Crippen LogP contribution >= 0.6 is 23.2 Å². The molecule has 1 nitrogen and oxygen atoms in total. The highest BCUT2D eigenvalue weighted by atomic mass is 35.5. The summed E-state index contributed by atoms with van der Waals surface area (Å²) in [6, 6.07) is 5.86. The summed E-state index contributed by atoms with van der Waals surface area (Å²) in [5.41, 5.74) is 2.77. The van der Waals surface area contributed by atoms with Gasteiger partial charge in [-0.3, -0.25) is 0 Å². The van der Waals surface area contributed by atoms with Crippen LogP contribution in [-0.2, 0) is 11.2 Å². The van der Waals surface area contributed by atoms with Gasteiger partial charge in [-0.15, -0.1) is 0 Å². The molecule has 0 amide bonds. The number of halogens is 2. The Labute approximate surface area is 124 Å². The third kappa shape index (κ3) is 4.09. The number of unbranched alkanes of at least 4 members (excludes halogenated alkanes) is 1. The maximum Gasteiger partial charge on any atom is 0.120 e. The molecule has 1 aromatic carbocycles. The highest BCUT2D eigenvalue weighted by Crippen LogP contribution is 2.37. The molecule has 0 saturated heterocycles. The molecular weight excluding hydrogens is 279 g/mol. The van der Waals surface area contributed by atoms with Gasteiger partial charge >= 0.3 is 0 Å². The van der Waals surface area contributed by atoms with Gasteiger partial charge in [0.25, 0.3) is 0 Å². The maximum absolute atomic E-state index is 10.3. The molecule has 19 heavy (non-hydrogen) atoms. The number of aldehydes is 1. The first-order valence-electron chi connectivity index (χ1n) is 6.77. The predicted octanol–water partition coefficient (Wildman–Crippen LogP) is 5.24. The number of benzene rings is 1. The van der Waals surface area contributed by atoms with Gasteiger partial charge < -0.3 is 4.79 Å². The van der Waals surface area contributed by atoms with Crippen LogP contribution in [0.2, 0.25) is 10.0 Å². The average Bonchev–Trinajstić information content (AvgIpc) is 2.37. The van der Waals surface area contributed by atoms with Crippen molar-refractivity contribution in [3.8, 4) is 0 Å². The highest BCUT2D eigenvalue weighted by Gasteiger charge is 2.23. The molecule has 0 heterocycles. The van der Waals surface area contributed by atoms with Crippen LogP contribution in [0, 0.1) is 5.92 Å². The lowest BCUT2D eigenvalue weighted by molar-refractivity contribution is -0.107. The second kappa shape index (κ2) is 7.12. The monoisotopic (exact) mass is 296 g/mol. The quantitative estimate of drug-likeness (QED) is 0.398. The molecule has 0 bridgehead atoms. The van der Waals surface area contributed by atoms with E-state index in [1.807, 2.05) is 18.2 Å². The van der Waals surface area contributed by atoms with Crippen molar-refractivity contribution in [3.05, 3.63) is 45.5 Å². The maximum atomic E-state index is 10.3. The molecule has 1 aromatic rings. The summed E-state index contributed by atoms with van der Waals surface area (Å²) in [6.07, 6.45) is 9.43. The van der Waals surface area contributed by atoms with E-state index in [9.17, 15) is 4.79 Å². The fourth-order valence-corrected chi connectivity index (χ4v) is 2.81. The number of carbonyl (C=O) groups excluding carboxylic acids is 1. The number of carbonyl (C=O) groups is 1. The Hall–Kier alpha value is -0.790. The van der Waals surface area contributed by atoms with Crippen molar-refractivity contribution in [2.45, 2.75) is 38.5 Å². The van der Waals surface area contributed by atoms with Gasteiger partial charge in [-0.05, 0) is 55.7 Å². The largest absolute Gasteiger partial charge is 0.303 e. The van der Waals surface area contributed by atoms with Crippen LogP contribution in [0.15, 0.2) is 29.8 Å². The van der Waals surface area contributed by atoms with Crippen LogP contribution in [0.3, 0.4) is 0 Å². The van der Waals surface area contributed by atoms with Crippen molar-refractivity contribution < 1.29 is 4.79 Å². The van der Waals surface area contributed by atoms with Crippen molar-refractivity contribution in [3.63, 3.8) is 0 Å². The zero-order chi connectivity index (χ0) is 13.7. The van der Waals surface area contributed by atoms with E-state index in [1.165, 1.54) is 24.0 Å². The van der Waals surface area contributed by atoms with Crippen molar-refractivity contribution in [1.29, 1.82) is 0 Å². The van der Waals surface area contributed by atoms with Crippen molar-refractivity contribution in [1.82, 2.24) is 0 Å². The Bertz CT molecular complexity index is 480. The first-order chi connectivity index (χ1) is 9.20. The minimum absolute atomic E-state index is 0.614. The minimum Gasteiger partial charge on any atom is -0.303 e. The molecule has 1 aliphatic rings. The van der Waals surface area contributed by atoms with E-state index < -0.39 is 0 Å². The van der Waals surface area contributed by atoms with E-state index in [-0.39, 0.29) is 0 Å². The summed E-state index contributed by atoms with van der Waals surface area (Å²) in [5.74, 6) is 0.695. The third-order valence-corrected chi connectivity index (χ3v) is 4.50. The fraction of sp³-hybridized carbons (Fsp3) is 0.438. The summed E-state index contributed by atoms with van der Waals surface area (Å²) < 4.78 is 0. The van der Waals surface area contributed by atoms with Crippen molar-refractivity contribution in [2.24, 2.45) is 5.92 Å². The Kier molecular flexibility index (Phi) is 5.47. The van der Waals surface area contributed by atoms with E-state index in [2.05, 4.69) is 6.08 Å². The molecule has 3 heteroatoms. The van der Waals surface area contributed by atoms with Crippen LogP contribution in [0.1, 0.15) is 37.7 Å². The van der Waals surface area contributed by atoms with Gasteiger partial charge in [0.2, 0.25) is 0 Å². The first-order valence-corrected chi connectivity index (χ1v) is 7.53. The number of aryl methyl sites for hydroxylation is 1. The van der Waals surface area contributed by atoms with Gasteiger partial charge in [0.15, 0.2) is 0 Å². The second-order valence-corrected chi connectivity index (χ2v) is 5.86. The molecule has 2 rings (SSSR count). The van der Waals surface area contributed by atoms with Crippen LogP contribution in [0.5, 0.6) is 0 Å². The normalized spacial score (nSPS) is 20.3. The van der Waals surface area contributed by atoms with Gasteiger partial charge in [0.1, 0.15) is 6.29 Å². The van der Waals surface area contributed by atoms with E-state index in [1.54, 1.807) is 0 Å². The number of allylic oxidation sites excluding steroid dienone is 2. The van der Waals surface area contributed by atoms with Gasteiger partial charge in [0, 0.05) is 6.42 Å². The van der Waals surface area contributed by atoms with E-state index in [0.717, 1.165) is 25.5 Å². The lowest BCUT2D eigenvalue weighted by Crippen LogP contribution is -2.16. The van der Waals surface area contributed by atoms with Gasteiger partial charge in [0.05, 0.1) is 10.0 Å². The van der Waals surface area contributed by atoms with Crippen LogP contribution in [0.25, 0.3) is 0 Å². The standard InChI is InChI=1S/C16H18Cl2O/c17-15-9-5-12(11-16(15)18)4-6-14-8-7-13(14)3-1-2-10-19/h3,5,9-11,14H,1-2,4,6-8H2/b13-3-. The lowest BCUT2D eigenvalue weighted by Gasteiger charge is -2.30. The molecule has 0 aromatic heterocycles. The third-order valence-electron chi connectivity index (χ3n) is 3.76. The molecule has 0 aliphatic heterocycles. The van der Waals surface area contributed by atoms with Gasteiger partial charge in [-0.25, -0.2) is 0 Å². The molecule has 0 N–H and O–H groups in total. The molecule has 1 saturated carbocycles. The lowest BCUT2D eigenvalue weighted by atomic mass is 9.75. The first kappa shape index (κ1) is 14.6. The summed E-state index contributed by atoms with van der Waals surface area (Å²) in [7, 11) is 0. The molecule has 1 unspecified atom stereocenters. The van der Waals surface area contributed by atoms with Crippen molar-refractivity contribution >= 4 is 29.5 Å². The Morgan fingerprint density at radius 1 is 1.21 bits per heavy atom. The average molecular weight is 297 g/mol. The van der Waals surface area contributed by atoms with E-state index in [4.69, 9.17) is 23.2 Å².